The largest absolute Gasteiger partial charge is 0.398 e. The van der Waals surface area contributed by atoms with Gasteiger partial charge in [-0.1, -0.05) is 13.5 Å². The SMILES string of the molecule is C=C(C)C([O])=O.CC[Si](C)(OC)OC. The number of hydrogen-bond acceptors (Lipinski definition) is 3. The van der Waals surface area contributed by atoms with Crippen LogP contribution in [0.4, 0.5) is 0 Å². The van der Waals surface area contributed by atoms with Crippen LogP contribution in [-0.4, -0.2) is 28.7 Å². The normalized spacial score (nSPS) is 10.1. The predicted molar refractivity (Wildman–Crippen MR) is 56.6 cm³/mol. The summed E-state index contributed by atoms with van der Waals surface area (Å²) < 4.78 is 10.3. The molecule has 83 valence electrons. The summed E-state index contributed by atoms with van der Waals surface area (Å²) in [5, 5.41) is 9.49. The maximum absolute atomic E-state index is 9.49. The highest BCUT2D eigenvalue weighted by Gasteiger charge is 2.24. The molecule has 0 aromatic rings. The van der Waals surface area contributed by atoms with Crippen LogP contribution in [0.25, 0.3) is 0 Å². The Bertz CT molecular complexity index is 167. The second-order valence-electron chi connectivity index (χ2n) is 2.96. The molecule has 0 fully saturated rings. The molecule has 0 amide bonds. The smallest absolute Gasteiger partial charge is 0.381 e. The third kappa shape index (κ3) is 7.97. The third-order valence-electron chi connectivity index (χ3n) is 1.85. The minimum Gasteiger partial charge on any atom is -0.398 e. The Labute approximate surface area is 86.8 Å². The summed E-state index contributed by atoms with van der Waals surface area (Å²) in [6, 6.07) is 1.01. The lowest BCUT2D eigenvalue weighted by molar-refractivity contribution is -0.138. The van der Waals surface area contributed by atoms with Crippen molar-refractivity contribution in [3.05, 3.63) is 12.2 Å². The average molecular weight is 219 g/mol. The molecule has 14 heavy (non-hydrogen) atoms. The van der Waals surface area contributed by atoms with E-state index in [0.29, 0.717) is 0 Å². The molecule has 0 aromatic carbocycles. The number of rotatable bonds is 4. The molecule has 4 nitrogen and oxygen atoms in total. The van der Waals surface area contributed by atoms with E-state index in [1.54, 1.807) is 14.2 Å². The van der Waals surface area contributed by atoms with Crippen LogP contribution in [0.3, 0.4) is 0 Å². The fraction of sp³-hybridized carbons (Fsp3) is 0.667. The molecular formula is C9H19O4Si. The molecule has 0 saturated carbocycles. The molecule has 0 heterocycles. The first kappa shape index (κ1) is 15.8. The zero-order valence-corrected chi connectivity index (χ0v) is 10.5. The van der Waals surface area contributed by atoms with Gasteiger partial charge in [-0.3, -0.25) is 0 Å². The first-order valence-corrected chi connectivity index (χ1v) is 6.82. The lowest BCUT2D eigenvalue weighted by Crippen LogP contribution is -2.34. The molecule has 0 atom stereocenters. The summed E-state index contributed by atoms with van der Waals surface area (Å²) >= 11 is 0. The molecule has 0 aliphatic rings. The highest BCUT2D eigenvalue weighted by Crippen LogP contribution is 2.08. The van der Waals surface area contributed by atoms with E-state index in [2.05, 4.69) is 13.5 Å². The summed E-state index contributed by atoms with van der Waals surface area (Å²) in [5.41, 5.74) is 0.0648. The minimum absolute atomic E-state index is 0.0648. The summed E-state index contributed by atoms with van der Waals surface area (Å²) in [7, 11) is 1.74. The van der Waals surface area contributed by atoms with E-state index in [4.69, 9.17) is 8.85 Å². The molecule has 0 bridgehead atoms. The lowest BCUT2D eigenvalue weighted by Gasteiger charge is -2.19. The van der Waals surface area contributed by atoms with Crippen LogP contribution in [0.15, 0.2) is 12.2 Å². The fourth-order valence-corrected chi connectivity index (χ4v) is 1.12. The number of carbonyl (C=O) groups is 1. The van der Waals surface area contributed by atoms with E-state index < -0.39 is 14.5 Å². The van der Waals surface area contributed by atoms with Gasteiger partial charge in [-0.2, -0.15) is 0 Å². The Morgan fingerprint density at radius 1 is 1.36 bits per heavy atom. The molecule has 1 radical (unpaired) electrons. The van der Waals surface area contributed by atoms with Crippen LogP contribution in [0, 0.1) is 0 Å². The lowest BCUT2D eigenvalue weighted by atomic mass is 10.4. The van der Waals surface area contributed by atoms with Gasteiger partial charge in [0.05, 0.1) is 0 Å². The van der Waals surface area contributed by atoms with E-state index in [-0.39, 0.29) is 5.57 Å². The molecule has 0 unspecified atom stereocenters. The number of carbonyl (C=O) groups excluding carboxylic acids is 1. The molecular weight excluding hydrogens is 200 g/mol. The zero-order valence-electron chi connectivity index (χ0n) is 9.55. The van der Waals surface area contributed by atoms with Gasteiger partial charge in [-0.15, -0.1) is 0 Å². The first-order valence-electron chi connectivity index (χ1n) is 4.30. The molecule has 5 heteroatoms. The quantitative estimate of drug-likeness (QED) is 0.536. The van der Waals surface area contributed by atoms with Gasteiger partial charge in [0.15, 0.2) is 0 Å². The molecule has 0 rings (SSSR count). The van der Waals surface area contributed by atoms with Crippen molar-refractivity contribution in [1.82, 2.24) is 0 Å². The third-order valence-corrected chi connectivity index (χ3v) is 4.87. The Morgan fingerprint density at radius 2 is 1.64 bits per heavy atom. The summed E-state index contributed by atoms with van der Waals surface area (Å²) in [4.78, 5) is 9.49. The van der Waals surface area contributed by atoms with Gasteiger partial charge in [0, 0.05) is 19.8 Å². The summed E-state index contributed by atoms with van der Waals surface area (Å²) in [6.07, 6.45) is 0. The molecule has 0 spiro atoms. The van der Waals surface area contributed by atoms with Gasteiger partial charge in [-0.25, -0.2) is 9.90 Å². The molecule has 0 aliphatic carbocycles. The minimum atomic E-state index is -1.67. The molecule has 0 aliphatic heterocycles. The molecule has 0 aromatic heterocycles. The molecule has 0 saturated heterocycles. The van der Waals surface area contributed by atoms with Gasteiger partial charge in [0.2, 0.25) is 0 Å². The van der Waals surface area contributed by atoms with Crippen molar-refractivity contribution in [3.8, 4) is 0 Å². The predicted octanol–water partition coefficient (Wildman–Crippen LogP) is 1.89. The fourth-order valence-electron chi connectivity index (χ4n) is 0.372. The zero-order chi connectivity index (χ0) is 11.8. The van der Waals surface area contributed by atoms with Gasteiger partial charge >= 0.3 is 14.5 Å². The second kappa shape index (κ2) is 7.72. The Morgan fingerprint density at radius 3 is 1.64 bits per heavy atom. The maximum Gasteiger partial charge on any atom is 0.381 e. The van der Waals surface area contributed by atoms with Crippen molar-refractivity contribution in [2.24, 2.45) is 0 Å². The molecule has 0 N–H and O–H groups in total. The van der Waals surface area contributed by atoms with Crippen LogP contribution in [0.1, 0.15) is 13.8 Å². The average Bonchev–Trinajstić information content (AvgIpc) is 2.17. The van der Waals surface area contributed by atoms with Crippen LogP contribution in [-0.2, 0) is 18.8 Å². The summed E-state index contributed by atoms with van der Waals surface area (Å²) in [5.74, 6) is -1.19. The Hall–Kier alpha value is -0.653. The Balaban J connectivity index is 0. The van der Waals surface area contributed by atoms with Gasteiger partial charge in [0.25, 0.3) is 0 Å². The van der Waals surface area contributed by atoms with E-state index in [1.807, 2.05) is 6.55 Å². The second-order valence-corrected chi connectivity index (χ2v) is 6.75. The first-order chi connectivity index (χ1) is 6.32. The standard InChI is InChI=1S/C5H14O2Si.C4H5O2/c1-5-8(4,6-2)7-3;1-3(2)4(5)6/h5H2,1-4H3;1H2,2H3. The topological polar surface area (TPSA) is 55.4 Å². The monoisotopic (exact) mass is 219 g/mol. The van der Waals surface area contributed by atoms with E-state index >= 15 is 0 Å². The highest BCUT2D eigenvalue weighted by atomic mass is 28.4. The number of hydrogen-bond donors (Lipinski definition) is 0. The van der Waals surface area contributed by atoms with Crippen molar-refractivity contribution in [1.29, 1.82) is 0 Å². The van der Waals surface area contributed by atoms with E-state index in [1.165, 1.54) is 6.92 Å². The van der Waals surface area contributed by atoms with Crippen molar-refractivity contribution in [3.63, 3.8) is 0 Å². The van der Waals surface area contributed by atoms with Crippen molar-refractivity contribution < 1.29 is 18.8 Å². The van der Waals surface area contributed by atoms with E-state index in [9.17, 15) is 9.90 Å². The maximum atomic E-state index is 9.49. The van der Waals surface area contributed by atoms with Gasteiger partial charge < -0.3 is 8.85 Å². The summed E-state index contributed by atoms with van der Waals surface area (Å²) in [6.45, 7) is 8.61. The van der Waals surface area contributed by atoms with Crippen LogP contribution in [0.5, 0.6) is 0 Å². The van der Waals surface area contributed by atoms with E-state index in [0.717, 1.165) is 6.04 Å². The van der Waals surface area contributed by atoms with Crippen molar-refractivity contribution in [2.45, 2.75) is 26.4 Å². The van der Waals surface area contributed by atoms with Crippen LogP contribution >= 0.6 is 0 Å². The van der Waals surface area contributed by atoms with Crippen LogP contribution in [0.2, 0.25) is 12.6 Å². The highest BCUT2D eigenvalue weighted by molar-refractivity contribution is 6.65. The van der Waals surface area contributed by atoms with Gasteiger partial charge in [-0.05, 0) is 19.5 Å². The van der Waals surface area contributed by atoms with Gasteiger partial charge in [0.1, 0.15) is 0 Å². The Kier molecular flexibility index (Phi) is 8.72. The van der Waals surface area contributed by atoms with Crippen molar-refractivity contribution in [2.75, 3.05) is 14.2 Å². The van der Waals surface area contributed by atoms with Crippen LogP contribution < -0.4 is 0 Å². The van der Waals surface area contributed by atoms with Crippen molar-refractivity contribution >= 4 is 14.5 Å².